The lowest BCUT2D eigenvalue weighted by atomic mass is 9.96. The summed E-state index contributed by atoms with van der Waals surface area (Å²) in [7, 11) is 0. The molecule has 3 nitrogen and oxygen atoms in total. The first-order chi connectivity index (χ1) is 7.72. The van der Waals surface area contributed by atoms with Crippen LogP contribution in [0, 0.1) is 11.6 Å². The highest BCUT2D eigenvalue weighted by molar-refractivity contribution is 7.71. The molecule has 16 heavy (non-hydrogen) atoms. The number of hydrogen-bond donors (Lipinski definition) is 1. The molecule has 1 atom stereocenters. The minimum Gasteiger partial charge on any atom is -0.352 e. The summed E-state index contributed by atoms with van der Waals surface area (Å²) in [5.74, 6) is 0. The number of H-pyrrole nitrogens is 1. The molecule has 1 amide bonds. The van der Waals surface area contributed by atoms with Crippen molar-refractivity contribution in [1.82, 2.24) is 9.88 Å². The molecule has 1 saturated heterocycles. The molecule has 86 valence electrons. The number of carbonyl (C=O) groups excluding carboxylic acids is 1. The highest BCUT2D eigenvalue weighted by Crippen LogP contribution is 2.29. The maximum absolute atomic E-state index is 11.0. The zero-order valence-corrected chi connectivity index (χ0v) is 10.2. The fraction of sp³-hybridized carbons (Fsp3) is 0.500. The number of rotatable bonds is 2. The Labute approximate surface area is 100 Å². The molecule has 1 fully saturated rings. The predicted octanol–water partition coefficient (Wildman–Crippen LogP) is 2.74. The molecular formula is C12H16N2OS. The van der Waals surface area contributed by atoms with Crippen LogP contribution in [0.2, 0.25) is 0 Å². The van der Waals surface area contributed by atoms with Crippen molar-refractivity contribution in [3.8, 4) is 0 Å². The van der Waals surface area contributed by atoms with Crippen LogP contribution in [0.1, 0.15) is 36.4 Å². The lowest BCUT2D eigenvalue weighted by molar-refractivity contribution is -0.121. The third kappa shape index (κ3) is 2.16. The first-order valence-electron chi connectivity index (χ1n) is 5.62. The molecule has 1 aromatic rings. The van der Waals surface area contributed by atoms with Gasteiger partial charge in [0.05, 0.1) is 6.04 Å². The molecule has 0 unspecified atom stereocenters. The summed E-state index contributed by atoms with van der Waals surface area (Å²) in [5, 5.41) is 0. The van der Waals surface area contributed by atoms with Gasteiger partial charge in [-0.15, -0.1) is 0 Å². The largest absolute Gasteiger partial charge is 0.352 e. The summed E-state index contributed by atoms with van der Waals surface area (Å²) < 4.78 is 0.775. The fourth-order valence-corrected chi connectivity index (χ4v) is 2.37. The molecule has 2 heterocycles. The predicted molar refractivity (Wildman–Crippen MR) is 65.7 cm³/mol. The molecule has 0 aliphatic carbocycles. The van der Waals surface area contributed by atoms with Gasteiger partial charge in [0.2, 0.25) is 6.41 Å². The monoisotopic (exact) mass is 236 g/mol. The van der Waals surface area contributed by atoms with Crippen LogP contribution in [0.25, 0.3) is 0 Å². The molecule has 2 rings (SSSR count). The van der Waals surface area contributed by atoms with Crippen LogP contribution >= 0.6 is 12.2 Å². The Morgan fingerprint density at radius 3 is 3.06 bits per heavy atom. The van der Waals surface area contributed by atoms with E-state index in [1.807, 2.05) is 18.0 Å². The van der Waals surface area contributed by atoms with Gasteiger partial charge in [-0.2, -0.15) is 0 Å². The van der Waals surface area contributed by atoms with Crippen LogP contribution in [0.4, 0.5) is 0 Å². The van der Waals surface area contributed by atoms with Crippen molar-refractivity contribution in [2.75, 3.05) is 6.54 Å². The van der Waals surface area contributed by atoms with E-state index in [0.29, 0.717) is 0 Å². The number of likely N-dealkylation sites (tertiary alicyclic amines) is 1. The first-order valence-corrected chi connectivity index (χ1v) is 6.03. The Kier molecular flexibility index (Phi) is 3.39. The van der Waals surface area contributed by atoms with Gasteiger partial charge in [-0.3, -0.25) is 4.79 Å². The second kappa shape index (κ2) is 4.78. The van der Waals surface area contributed by atoms with Crippen LogP contribution in [-0.2, 0) is 4.79 Å². The topological polar surface area (TPSA) is 36.1 Å². The average Bonchev–Trinajstić information content (AvgIpc) is 2.32. The Balaban J connectivity index is 2.30. The number of hydrogen-bond acceptors (Lipinski definition) is 2. The van der Waals surface area contributed by atoms with E-state index >= 15 is 0 Å². The summed E-state index contributed by atoms with van der Waals surface area (Å²) in [6.07, 6.45) is 6.23. The van der Waals surface area contributed by atoms with Crippen LogP contribution in [-0.4, -0.2) is 22.8 Å². The molecular weight excluding hydrogens is 220 g/mol. The summed E-state index contributed by atoms with van der Waals surface area (Å²) >= 11 is 5.13. The zero-order chi connectivity index (χ0) is 11.5. The highest BCUT2D eigenvalue weighted by Gasteiger charge is 2.22. The standard InChI is InChI=1S/C12H16N2OS/c1-9-6-10(7-13-12(9)16)11-4-2-3-5-14(11)8-15/h6-8,11H,2-5H2,1H3,(H,13,16)/t11-/m0/s1. The van der Waals surface area contributed by atoms with Crippen molar-refractivity contribution in [3.05, 3.63) is 28.0 Å². The molecule has 0 bridgehead atoms. The molecule has 1 aliphatic rings. The molecule has 0 aromatic carbocycles. The van der Waals surface area contributed by atoms with E-state index in [4.69, 9.17) is 12.2 Å². The maximum Gasteiger partial charge on any atom is 0.210 e. The van der Waals surface area contributed by atoms with Crippen molar-refractivity contribution in [2.45, 2.75) is 32.2 Å². The normalized spacial score (nSPS) is 20.8. The Morgan fingerprint density at radius 2 is 2.38 bits per heavy atom. The quantitative estimate of drug-likeness (QED) is 0.633. The van der Waals surface area contributed by atoms with Crippen LogP contribution in [0.5, 0.6) is 0 Å². The van der Waals surface area contributed by atoms with Crippen molar-refractivity contribution < 1.29 is 4.79 Å². The van der Waals surface area contributed by atoms with E-state index in [1.54, 1.807) is 0 Å². The summed E-state index contributed by atoms with van der Waals surface area (Å²) in [6.45, 7) is 2.86. The number of aromatic nitrogens is 1. The number of carbonyl (C=O) groups is 1. The lowest BCUT2D eigenvalue weighted by Crippen LogP contribution is -2.32. The van der Waals surface area contributed by atoms with Gasteiger partial charge >= 0.3 is 0 Å². The van der Waals surface area contributed by atoms with E-state index in [0.717, 1.165) is 41.6 Å². The van der Waals surface area contributed by atoms with Gasteiger partial charge < -0.3 is 9.88 Å². The van der Waals surface area contributed by atoms with Crippen LogP contribution < -0.4 is 0 Å². The number of aryl methyl sites for hydroxylation is 1. The van der Waals surface area contributed by atoms with E-state index < -0.39 is 0 Å². The SMILES string of the molecule is Cc1cc([C@@H]2CCCCN2C=O)c[nH]c1=S. The molecule has 1 aromatic heterocycles. The molecule has 4 heteroatoms. The molecule has 1 N–H and O–H groups in total. The Bertz CT molecular complexity index is 441. The summed E-state index contributed by atoms with van der Waals surface area (Å²) in [4.78, 5) is 16.0. The van der Waals surface area contributed by atoms with Gasteiger partial charge in [-0.25, -0.2) is 0 Å². The van der Waals surface area contributed by atoms with Crippen molar-refractivity contribution in [2.24, 2.45) is 0 Å². The molecule has 0 spiro atoms. The third-order valence-electron chi connectivity index (χ3n) is 3.18. The number of amides is 1. The second-order valence-corrected chi connectivity index (χ2v) is 4.71. The number of piperidine rings is 1. The van der Waals surface area contributed by atoms with E-state index in [-0.39, 0.29) is 6.04 Å². The second-order valence-electron chi connectivity index (χ2n) is 4.30. The minimum atomic E-state index is 0.219. The number of aromatic amines is 1. The lowest BCUT2D eigenvalue weighted by Gasteiger charge is -2.33. The van der Waals surface area contributed by atoms with Crippen molar-refractivity contribution in [3.63, 3.8) is 0 Å². The molecule has 1 aliphatic heterocycles. The van der Waals surface area contributed by atoms with E-state index in [1.165, 1.54) is 6.42 Å². The zero-order valence-electron chi connectivity index (χ0n) is 9.40. The summed E-state index contributed by atoms with van der Waals surface area (Å²) in [5.41, 5.74) is 2.24. The van der Waals surface area contributed by atoms with Gasteiger partial charge in [0.25, 0.3) is 0 Å². The highest BCUT2D eigenvalue weighted by atomic mass is 32.1. The van der Waals surface area contributed by atoms with Gasteiger partial charge in [0.1, 0.15) is 4.64 Å². The van der Waals surface area contributed by atoms with Gasteiger partial charge in [0.15, 0.2) is 0 Å². The average molecular weight is 236 g/mol. The Hall–Kier alpha value is -1.16. The molecule has 0 saturated carbocycles. The van der Waals surface area contributed by atoms with Gasteiger partial charge in [-0.05, 0) is 43.4 Å². The smallest absolute Gasteiger partial charge is 0.210 e. The Morgan fingerprint density at radius 1 is 1.56 bits per heavy atom. The van der Waals surface area contributed by atoms with Crippen molar-refractivity contribution >= 4 is 18.6 Å². The van der Waals surface area contributed by atoms with Gasteiger partial charge in [0, 0.05) is 12.7 Å². The van der Waals surface area contributed by atoms with E-state index in [2.05, 4.69) is 11.1 Å². The number of pyridine rings is 1. The third-order valence-corrected chi connectivity index (χ3v) is 3.62. The van der Waals surface area contributed by atoms with Crippen molar-refractivity contribution in [1.29, 1.82) is 0 Å². The fourth-order valence-electron chi connectivity index (χ4n) is 2.25. The van der Waals surface area contributed by atoms with E-state index in [9.17, 15) is 4.79 Å². The number of nitrogens with one attached hydrogen (secondary N) is 1. The minimum absolute atomic E-state index is 0.219. The summed E-state index contributed by atoms with van der Waals surface area (Å²) in [6, 6.07) is 2.31. The number of nitrogens with zero attached hydrogens (tertiary/aromatic N) is 1. The van der Waals surface area contributed by atoms with Gasteiger partial charge in [-0.1, -0.05) is 12.2 Å². The van der Waals surface area contributed by atoms with Crippen LogP contribution in [0.3, 0.4) is 0 Å². The molecule has 0 radical (unpaired) electrons. The first kappa shape index (κ1) is 11.3. The van der Waals surface area contributed by atoms with Crippen LogP contribution in [0.15, 0.2) is 12.3 Å². The maximum atomic E-state index is 11.0.